The normalized spacial score (nSPS) is 24.4. The Morgan fingerprint density at radius 3 is 2.84 bits per heavy atom. The predicted octanol–water partition coefficient (Wildman–Crippen LogP) is 2.58. The zero-order valence-corrected chi connectivity index (χ0v) is 12.6. The number of nitrogens with zero attached hydrogens (tertiary/aromatic N) is 1. The quantitative estimate of drug-likeness (QED) is 0.902. The molecule has 0 bridgehead atoms. The first-order valence-electron chi connectivity index (χ1n) is 7.17. The minimum absolute atomic E-state index is 0.647. The first-order valence-corrected chi connectivity index (χ1v) is 7.17. The van der Waals surface area contributed by atoms with Crippen molar-refractivity contribution in [3.63, 3.8) is 0 Å². The van der Waals surface area contributed by atoms with Gasteiger partial charge in [0.25, 0.3) is 0 Å². The van der Waals surface area contributed by atoms with Gasteiger partial charge in [0.2, 0.25) is 0 Å². The van der Waals surface area contributed by atoms with Gasteiger partial charge in [-0.15, -0.1) is 0 Å². The molecule has 0 saturated carbocycles. The number of rotatable bonds is 4. The van der Waals surface area contributed by atoms with E-state index in [0.717, 1.165) is 12.3 Å². The zero-order chi connectivity index (χ0) is 13.8. The van der Waals surface area contributed by atoms with Gasteiger partial charge in [0, 0.05) is 18.6 Å². The van der Waals surface area contributed by atoms with Crippen LogP contribution in [-0.2, 0) is 6.54 Å². The van der Waals surface area contributed by atoms with Crippen molar-refractivity contribution >= 4 is 0 Å². The average molecular weight is 262 g/mol. The van der Waals surface area contributed by atoms with E-state index in [1.54, 1.807) is 7.11 Å². The van der Waals surface area contributed by atoms with Gasteiger partial charge in [-0.05, 0) is 57.5 Å². The van der Waals surface area contributed by atoms with Gasteiger partial charge in [-0.3, -0.25) is 0 Å². The molecule has 3 nitrogen and oxygen atoms in total. The van der Waals surface area contributed by atoms with Crippen LogP contribution >= 0.6 is 0 Å². The van der Waals surface area contributed by atoms with E-state index >= 15 is 0 Å². The number of ether oxygens (including phenoxy) is 1. The molecule has 1 saturated heterocycles. The lowest BCUT2D eigenvalue weighted by Crippen LogP contribution is -2.45. The van der Waals surface area contributed by atoms with Crippen molar-refractivity contribution in [3.8, 4) is 5.75 Å². The van der Waals surface area contributed by atoms with Crippen molar-refractivity contribution < 1.29 is 4.74 Å². The summed E-state index contributed by atoms with van der Waals surface area (Å²) in [6.45, 7) is 6.55. The predicted molar refractivity (Wildman–Crippen MR) is 79.7 cm³/mol. The summed E-state index contributed by atoms with van der Waals surface area (Å²) in [4.78, 5) is 2.44. The Labute approximate surface area is 116 Å². The van der Waals surface area contributed by atoms with Crippen LogP contribution in [0.5, 0.6) is 5.75 Å². The largest absolute Gasteiger partial charge is 0.496 e. The van der Waals surface area contributed by atoms with Crippen LogP contribution in [0.25, 0.3) is 0 Å². The summed E-state index contributed by atoms with van der Waals surface area (Å²) in [5, 5.41) is 3.69. The molecule has 0 aromatic heterocycles. The number of methoxy groups -OCH3 is 1. The molecule has 0 radical (unpaired) electrons. The molecule has 1 aromatic carbocycles. The lowest BCUT2D eigenvalue weighted by molar-refractivity contribution is 0.168. The molecule has 1 aliphatic rings. The summed E-state index contributed by atoms with van der Waals surface area (Å²) in [7, 11) is 3.94. The van der Waals surface area contributed by atoms with Gasteiger partial charge in [0.1, 0.15) is 5.75 Å². The lowest BCUT2D eigenvalue weighted by Gasteiger charge is -2.35. The highest BCUT2D eigenvalue weighted by molar-refractivity contribution is 5.36. The number of nitrogens with one attached hydrogen (secondary N) is 1. The van der Waals surface area contributed by atoms with E-state index in [9.17, 15) is 0 Å². The number of piperidine rings is 1. The Morgan fingerprint density at radius 1 is 1.42 bits per heavy atom. The fourth-order valence-electron chi connectivity index (χ4n) is 2.79. The van der Waals surface area contributed by atoms with Crippen LogP contribution in [0, 0.1) is 6.92 Å². The van der Waals surface area contributed by atoms with E-state index in [1.807, 2.05) is 0 Å². The van der Waals surface area contributed by atoms with E-state index in [0.29, 0.717) is 12.1 Å². The third kappa shape index (κ3) is 3.71. The van der Waals surface area contributed by atoms with Gasteiger partial charge in [0.15, 0.2) is 0 Å². The Balaban J connectivity index is 1.87. The summed E-state index contributed by atoms with van der Waals surface area (Å²) >= 11 is 0. The molecular weight excluding hydrogens is 236 g/mol. The number of hydrogen-bond acceptors (Lipinski definition) is 3. The van der Waals surface area contributed by atoms with Gasteiger partial charge in [-0.2, -0.15) is 0 Å². The van der Waals surface area contributed by atoms with E-state index in [2.05, 4.69) is 49.3 Å². The Morgan fingerprint density at radius 2 is 2.21 bits per heavy atom. The number of aryl methyl sites for hydroxylation is 1. The summed E-state index contributed by atoms with van der Waals surface area (Å²) in [6, 6.07) is 7.75. The Hall–Kier alpha value is -1.06. The second-order valence-electron chi connectivity index (χ2n) is 5.74. The summed E-state index contributed by atoms with van der Waals surface area (Å²) in [5.74, 6) is 0.969. The summed E-state index contributed by atoms with van der Waals surface area (Å²) in [6.07, 6.45) is 2.49. The topological polar surface area (TPSA) is 24.5 Å². The fourth-order valence-corrected chi connectivity index (χ4v) is 2.79. The maximum atomic E-state index is 5.29. The minimum Gasteiger partial charge on any atom is -0.496 e. The van der Waals surface area contributed by atoms with Crippen LogP contribution in [0.2, 0.25) is 0 Å². The van der Waals surface area contributed by atoms with E-state index < -0.39 is 0 Å². The van der Waals surface area contributed by atoms with Crippen LogP contribution in [0.15, 0.2) is 18.2 Å². The molecule has 1 N–H and O–H groups in total. The van der Waals surface area contributed by atoms with Gasteiger partial charge in [0.05, 0.1) is 7.11 Å². The third-order valence-corrected chi connectivity index (χ3v) is 4.26. The van der Waals surface area contributed by atoms with E-state index in [4.69, 9.17) is 4.74 Å². The molecule has 1 fully saturated rings. The monoisotopic (exact) mass is 262 g/mol. The highest BCUT2D eigenvalue weighted by Crippen LogP contribution is 2.19. The van der Waals surface area contributed by atoms with E-state index in [1.165, 1.54) is 30.5 Å². The smallest absolute Gasteiger partial charge is 0.121 e. The second-order valence-corrected chi connectivity index (χ2v) is 5.74. The molecule has 2 atom stereocenters. The Bertz CT molecular complexity index is 419. The molecule has 0 amide bonds. The number of likely N-dealkylation sites (tertiary alicyclic amines) is 1. The summed E-state index contributed by atoms with van der Waals surface area (Å²) < 4.78 is 5.29. The number of hydrogen-bond donors (Lipinski definition) is 1. The van der Waals surface area contributed by atoms with Crippen LogP contribution in [0.1, 0.15) is 30.9 Å². The first-order chi connectivity index (χ1) is 9.10. The molecule has 106 valence electrons. The molecule has 1 aliphatic heterocycles. The standard InChI is InChI=1S/C16H26N2O/c1-12-9-14(5-6-16(12)19-4)11-17-15-7-8-18(3)13(2)10-15/h5-6,9,13,15,17H,7-8,10-11H2,1-4H3. The van der Waals surface area contributed by atoms with Crippen molar-refractivity contribution in [2.75, 3.05) is 20.7 Å². The molecule has 2 unspecified atom stereocenters. The van der Waals surface area contributed by atoms with Crippen molar-refractivity contribution in [2.24, 2.45) is 0 Å². The van der Waals surface area contributed by atoms with Crippen molar-refractivity contribution in [1.82, 2.24) is 10.2 Å². The molecule has 2 rings (SSSR count). The number of benzene rings is 1. The van der Waals surface area contributed by atoms with Crippen LogP contribution in [-0.4, -0.2) is 37.7 Å². The van der Waals surface area contributed by atoms with Crippen LogP contribution in [0.3, 0.4) is 0 Å². The second kappa shape index (κ2) is 6.40. The third-order valence-electron chi connectivity index (χ3n) is 4.26. The molecule has 3 heteroatoms. The van der Waals surface area contributed by atoms with Crippen molar-refractivity contribution in [3.05, 3.63) is 29.3 Å². The highest BCUT2D eigenvalue weighted by atomic mass is 16.5. The molecule has 1 aromatic rings. The molecule has 0 aliphatic carbocycles. The highest BCUT2D eigenvalue weighted by Gasteiger charge is 2.22. The zero-order valence-electron chi connectivity index (χ0n) is 12.6. The maximum absolute atomic E-state index is 5.29. The molecule has 1 heterocycles. The molecular formula is C16H26N2O. The minimum atomic E-state index is 0.647. The van der Waals surface area contributed by atoms with Gasteiger partial charge >= 0.3 is 0 Å². The molecule has 19 heavy (non-hydrogen) atoms. The SMILES string of the molecule is COc1ccc(CNC2CCN(C)C(C)C2)cc1C. The fraction of sp³-hybridized carbons (Fsp3) is 0.625. The lowest BCUT2D eigenvalue weighted by atomic mass is 9.98. The van der Waals surface area contributed by atoms with E-state index in [-0.39, 0.29) is 0 Å². The van der Waals surface area contributed by atoms with Crippen LogP contribution in [0.4, 0.5) is 0 Å². The van der Waals surface area contributed by atoms with Gasteiger partial charge in [-0.25, -0.2) is 0 Å². The van der Waals surface area contributed by atoms with Crippen molar-refractivity contribution in [2.45, 2.75) is 45.3 Å². The average Bonchev–Trinajstić information content (AvgIpc) is 2.40. The van der Waals surface area contributed by atoms with Gasteiger partial charge < -0.3 is 15.0 Å². The summed E-state index contributed by atoms with van der Waals surface area (Å²) in [5.41, 5.74) is 2.54. The first kappa shape index (κ1) is 14.4. The van der Waals surface area contributed by atoms with Crippen molar-refractivity contribution in [1.29, 1.82) is 0 Å². The van der Waals surface area contributed by atoms with Crippen LogP contribution < -0.4 is 10.1 Å². The maximum Gasteiger partial charge on any atom is 0.121 e. The molecule has 0 spiro atoms. The van der Waals surface area contributed by atoms with Gasteiger partial charge in [-0.1, -0.05) is 12.1 Å². The Kier molecular flexibility index (Phi) is 4.83.